The summed E-state index contributed by atoms with van der Waals surface area (Å²) in [6.07, 6.45) is 5.06. The van der Waals surface area contributed by atoms with Gasteiger partial charge >= 0.3 is 11.9 Å². The van der Waals surface area contributed by atoms with Crippen LogP contribution in [0.25, 0.3) is 28.0 Å². The summed E-state index contributed by atoms with van der Waals surface area (Å²) >= 11 is 0. The molecule has 0 radical (unpaired) electrons. The Morgan fingerprint density at radius 2 is 1.37 bits per heavy atom. The molecule has 0 atom stereocenters. The standard InChI is InChI=1S/C42H40O9/c1-5-6-22-49-36(44)21-20-30-23-31(42(45)48-4)24-35(51-27-29-16-11-8-12-17-29)37(30)39-33(25-43)41(47-3)38-32(40(39)46-2)18-13-19-34(38)50-26-28-14-9-7-10-15-28/h7-21,23-25H,5-6,22,26-27H2,1-4H3/b21-20+. The van der Waals surface area contributed by atoms with Gasteiger partial charge in [0.15, 0.2) is 6.29 Å². The van der Waals surface area contributed by atoms with Gasteiger partial charge in [0.2, 0.25) is 0 Å². The van der Waals surface area contributed by atoms with E-state index in [2.05, 4.69) is 0 Å². The Hall–Kier alpha value is -6.09. The van der Waals surface area contributed by atoms with Gasteiger partial charge in [-0.15, -0.1) is 0 Å². The Balaban J connectivity index is 1.79. The van der Waals surface area contributed by atoms with Gasteiger partial charge in [-0.25, -0.2) is 9.59 Å². The predicted octanol–water partition coefficient (Wildman–Crippen LogP) is 8.64. The number of methoxy groups -OCH3 is 3. The van der Waals surface area contributed by atoms with Gasteiger partial charge in [-0.1, -0.05) is 86.1 Å². The molecule has 0 aliphatic heterocycles. The highest BCUT2D eigenvalue weighted by atomic mass is 16.5. The smallest absolute Gasteiger partial charge is 0.338 e. The highest BCUT2D eigenvalue weighted by Crippen LogP contribution is 2.51. The summed E-state index contributed by atoms with van der Waals surface area (Å²) in [5, 5.41) is 1.13. The Morgan fingerprint density at radius 1 is 0.725 bits per heavy atom. The number of carbonyl (C=O) groups excluding carboxylic acids is 3. The van der Waals surface area contributed by atoms with E-state index < -0.39 is 11.9 Å². The first-order valence-corrected chi connectivity index (χ1v) is 16.5. The highest BCUT2D eigenvalue weighted by Gasteiger charge is 2.29. The third-order valence-electron chi connectivity index (χ3n) is 8.18. The van der Waals surface area contributed by atoms with Crippen LogP contribution >= 0.6 is 0 Å². The number of aldehydes is 1. The first-order valence-electron chi connectivity index (χ1n) is 16.5. The SMILES string of the molecule is CCCCOC(=O)/C=C/c1cc(C(=O)OC)cc(OCc2ccccc2)c1-c1c(C=O)c(OC)c2c(OCc3ccccc3)cccc2c1OC. The molecular formula is C42H40O9. The second-order valence-corrected chi connectivity index (χ2v) is 11.5. The molecule has 0 fully saturated rings. The molecule has 9 nitrogen and oxygen atoms in total. The molecule has 0 aliphatic rings. The van der Waals surface area contributed by atoms with E-state index in [9.17, 15) is 14.4 Å². The van der Waals surface area contributed by atoms with E-state index >= 15 is 0 Å². The normalized spacial score (nSPS) is 10.9. The van der Waals surface area contributed by atoms with Crippen LogP contribution in [0.5, 0.6) is 23.0 Å². The minimum atomic E-state index is -0.620. The number of carbonyl (C=O) groups is 3. The third kappa shape index (κ3) is 8.38. The quantitative estimate of drug-likeness (QED) is 0.0436. The number of hydrogen-bond acceptors (Lipinski definition) is 9. The molecule has 0 aromatic heterocycles. The lowest BCUT2D eigenvalue weighted by Crippen LogP contribution is -2.08. The molecule has 9 heteroatoms. The van der Waals surface area contributed by atoms with E-state index in [1.807, 2.05) is 79.7 Å². The molecule has 51 heavy (non-hydrogen) atoms. The summed E-state index contributed by atoms with van der Waals surface area (Å²) in [6, 6.07) is 27.8. The fourth-order valence-corrected chi connectivity index (χ4v) is 5.74. The fraction of sp³-hybridized carbons (Fsp3) is 0.214. The van der Waals surface area contributed by atoms with Crippen LogP contribution in [0.2, 0.25) is 0 Å². The third-order valence-corrected chi connectivity index (χ3v) is 8.18. The molecule has 0 saturated carbocycles. The van der Waals surface area contributed by atoms with Crippen molar-refractivity contribution >= 4 is 35.1 Å². The number of unbranched alkanes of at least 4 members (excludes halogenated alkanes) is 1. The maximum absolute atomic E-state index is 13.2. The zero-order valence-corrected chi connectivity index (χ0v) is 29.1. The zero-order chi connectivity index (χ0) is 36.2. The van der Waals surface area contributed by atoms with Gasteiger partial charge in [-0.2, -0.15) is 0 Å². The Kier molecular flexibility index (Phi) is 12.4. The molecule has 0 aliphatic carbocycles. The van der Waals surface area contributed by atoms with Crippen LogP contribution in [0.3, 0.4) is 0 Å². The minimum absolute atomic E-state index is 0.127. The average molecular weight is 689 g/mol. The fourth-order valence-electron chi connectivity index (χ4n) is 5.74. The minimum Gasteiger partial charge on any atom is -0.495 e. The van der Waals surface area contributed by atoms with Crippen molar-refractivity contribution in [3.05, 3.63) is 125 Å². The number of hydrogen-bond donors (Lipinski definition) is 0. The van der Waals surface area contributed by atoms with Crippen LogP contribution in [0.4, 0.5) is 0 Å². The summed E-state index contributed by atoms with van der Waals surface area (Å²) in [6.45, 7) is 2.67. The Labute approximate surface area is 297 Å². The number of benzene rings is 5. The molecule has 0 amide bonds. The second kappa shape index (κ2) is 17.5. The van der Waals surface area contributed by atoms with Crippen molar-refractivity contribution in [3.63, 3.8) is 0 Å². The lowest BCUT2D eigenvalue weighted by Gasteiger charge is -2.23. The summed E-state index contributed by atoms with van der Waals surface area (Å²) in [5.74, 6) is 0.111. The molecular weight excluding hydrogens is 648 g/mol. The topological polar surface area (TPSA) is 107 Å². The Bertz CT molecular complexity index is 2020. The highest BCUT2D eigenvalue weighted by molar-refractivity contribution is 6.12. The van der Waals surface area contributed by atoms with Crippen molar-refractivity contribution in [1.82, 2.24) is 0 Å². The van der Waals surface area contributed by atoms with Gasteiger partial charge < -0.3 is 28.4 Å². The van der Waals surface area contributed by atoms with Crippen molar-refractivity contribution in [1.29, 1.82) is 0 Å². The van der Waals surface area contributed by atoms with Crippen LogP contribution in [0.15, 0.2) is 97.1 Å². The number of fused-ring (bicyclic) bond motifs is 1. The first-order chi connectivity index (χ1) is 24.9. The molecule has 0 heterocycles. The van der Waals surface area contributed by atoms with Crippen molar-refractivity contribution in [2.24, 2.45) is 0 Å². The lowest BCUT2D eigenvalue weighted by molar-refractivity contribution is -0.137. The van der Waals surface area contributed by atoms with E-state index in [0.29, 0.717) is 51.7 Å². The van der Waals surface area contributed by atoms with Crippen LogP contribution < -0.4 is 18.9 Å². The van der Waals surface area contributed by atoms with Gasteiger partial charge in [0.25, 0.3) is 0 Å². The number of ether oxygens (including phenoxy) is 6. The summed E-state index contributed by atoms with van der Waals surface area (Å²) in [4.78, 5) is 39.0. The molecule has 0 bridgehead atoms. The van der Waals surface area contributed by atoms with E-state index in [0.717, 1.165) is 17.5 Å². The molecule has 0 spiro atoms. The van der Waals surface area contributed by atoms with E-state index in [1.54, 1.807) is 18.2 Å². The molecule has 0 unspecified atom stereocenters. The van der Waals surface area contributed by atoms with Crippen LogP contribution in [0, 0.1) is 0 Å². The van der Waals surface area contributed by atoms with Crippen molar-refractivity contribution in [3.8, 4) is 34.1 Å². The Morgan fingerprint density at radius 3 is 1.96 bits per heavy atom. The first kappa shape index (κ1) is 36.2. The molecule has 5 rings (SSSR count). The summed E-state index contributed by atoms with van der Waals surface area (Å²) in [7, 11) is 4.26. The molecule has 0 N–H and O–H groups in total. The number of esters is 2. The van der Waals surface area contributed by atoms with Gasteiger partial charge in [-0.05, 0) is 47.4 Å². The van der Waals surface area contributed by atoms with E-state index in [4.69, 9.17) is 28.4 Å². The second-order valence-electron chi connectivity index (χ2n) is 11.5. The zero-order valence-electron chi connectivity index (χ0n) is 29.1. The lowest BCUT2D eigenvalue weighted by atomic mass is 9.88. The van der Waals surface area contributed by atoms with E-state index in [1.165, 1.54) is 33.5 Å². The largest absolute Gasteiger partial charge is 0.495 e. The van der Waals surface area contributed by atoms with Crippen molar-refractivity contribution in [2.75, 3.05) is 27.9 Å². The molecule has 5 aromatic rings. The summed E-state index contributed by atoms with van der Waals surface area (Å²) < 4.78 is 35.3. The average Bonchev–Trinajstić information content (AvgIpc) is 3.17. The van der Waals surface area contributed by atoms with E-state index in [-0.39, 0.29) is 42.4 Å². The van der Waals surface area contributed by atoms with Crippen molar-refractivity contribution in [2.45, 2.75) is 33.0 Å². The van der Waals surface area contributed by atoms with Gasteiger partial charge in [-0.3, -0.25) is 4.79 Å². The van der Waals surface area contributed by atoms with Crippen LogP contribution in [-0.4, -0.2) is 46.2 Å². The van der Waals surface area contributed by atoms with Gasteiger partial charge in [0, 0.05) is 22.6 Å². The maximum atomic E-state index is 13.2. The van der Waals surface area contributed by atoms with Crippen LogP contribution in [0.1, 0.15) is 57.2 Å². The predicted molar refractivity (Wildman–Crippen MR) is 196 cm³/mol. The maximum Gasteiger partial charge on any atom is 0.338 e. The summed E-state index contributed by atoms with van der Waals surface area (Å²) in [5.41, 5.74) is 3.22. The van der Waals surface area contributed by atoms with Gasteiger partial charge in [0.1, 0.15) is 36.2 Å². The molecule has 262 valence electrons. The monoisotopic (exact) mass is 688 g/mol. The molecule has 0 saturated heterocycles. The number of rotatable bonds is 16. The van der Waals surface area contributed by atoms with Crippen LogP contribution in [-0.2, 0) is 27.5 Å². The molecule has 5 aromatic carbocycles. The van der Waals surface area contributed by atoms with Gasteiger partial charge in [0.05, 0.1) is 44.4 Å². The van der Waals surface area contributed by atoms with Crippen molar-refractivity contribution < 1.29 is 42.8 Å².